The van der Waals surface area contributed by atoms with Crippen molar-refractivity contribution in [2.45, 2.75) is 12.6 Å². The summed E-state index contributed by atoms with van der Waals surface area (Å²) >= 11 is 6.31. The third kappa shape index (κ3) is 3.62. The Hall–Kier alpha value is -2.11. The maximum atomic E-state index is 6.31. The van der Waals surface area contributed by atoms with Crippen molar-refractivity contribution in [2.75, 3.05) is 33.4 Å². The van der Waals surface area contributed by atoms with Crippen LogP contribution in [-0.4, -0.2) is 44.4 Å². The zero-order valence-electron chi connectivity index (χ0n) is 14.0. The van der Waals surface area contributed by atoms with E-state index >= 15 is 0 Å². The van der Waals surface area contributed by atoms with Gasteiger partial charge in [-0.15, -0.1) is 0 Å². The normalized spacial score (nSPS) is 18.3. The third-order valence-corrected chi connectivity index (χ3v) is 4.47. The number of rotatable bonds is 4. The van der Waals surface area contributed by atoms with E-state index in [0.29, 0.717) is 36.3 Å². The van der Waals surface area contributed by atoms with Gasteiger partial charge in [0.2, 0.25) is 0 Å². The van der Waals surface area contributed by atoms with Crippen molar-refractivity contribution < 1.29 is 18.9 Å². The summed E-state index contributed by atoms with van der Waals surface area (Å²) < 4.78 is 23.0. The van der Waals surface area contributed by atoms with Crippen molar-refractivity contribution in [1.82, 2.24) is 4.90 Å². The number of halogens is 1. The first-order valence-corrected chi connectivity index (χ1v) is 8.72. The van der Waals surface area contributed by atoms with E-state index in [1.54, 1.807) is 0 Å². The largest absolute Gasteiger partial charge is 0.486 e. The molecule has 0 saturated heterocycles. The average Bonchev–Trinajstić information content (AvgIpc) is 2.61. The number of para-hydroxylation sites is 2. The molecule has 2 aliphatic rings. The van der Waals surface area contributed by atoms with Crippen LogP contribution in [0.3, 0.4) is 0 Å². The molecule has 25 heavy (non-hydrogen) atoms. The van der Waals surface area contributed by atoms with E-state index in [1.165, 1.54) is 0 Å². The lowest BCUT2D eigenvalue weighted by Crippen LogP contribution is -2.39. The second kappa shape index (κ2) is 7.02. The number of nitrogens with zero attached hydrogens (tertiary/aromatic N) is 1. The van der Waals surface area contributed by atoms with Gasteiger partial charge in [-0.3, -0.25) is 4.90 Å². The van der Waals surface area contributed by atoms with Crippen LogP contribution in [0.25, 0.3) is 0 Å². The van der Waals surface area contributed by atoms with E-state index in [9.17, 15) is 0 Å². The van der Waals surface area contributed by atoms with Crippen molar-refractivity contribution in [2.24, 2.45) is 0 Å². The average molecular weight is 362 g/mol. The quantitative estimate of drug-likeness (QED) is 0.835. The number of likely N-dealkylation sites (N-methyl/N-ethyl adjacent to an activating group) is 1. The molecule has 0 aliphatic carbocycles. The smallest absolute Gasteiger partial charge is 0.179 e. The van der Waals surface area contributed by atoms with Crippen LogP contribution in [0.2, 0.25) is 5.02 Å². The number of hydrogen-bond acceptors (Lipinski definition) is 5. The highest BCUT2D eigenvalue weighted by Crippen LogP contribution is 2.38. The molecule has 6 heteroatoms. The van der Waals surface area contributed by atoms with Crippen LogP contribution in [0.5, 0.6) is 23.0 Å². The lowest BCUT2D eigenvalue weighted by molar-refractivity contribution is 0.0637. The Balaban J connectivity index is 1.40. The van der Waals surface area contributed by atoms with Crippen LogP contribution in [-0.2, 0) is 6.54 Å². The van der Waals surface area contributed by atoms with Crippen LogP contribution >= 0.6 is 11.6 Å². The minimum absolute atomic E-state index is 0.00687. The Bertz CT molecular complexity index is 767. The van der Waals surface area contributed by atoms with Crippen LogP contribution in [0.1, 0.15) is 5.56 Å². The monoisotopic (exact) mass is 361 g/mol. The fourth-order valence-electron chi connectivity index (χ4n) is 3.13. The van der Waals surface area contributed by atoms with Gasteiger partial charge >= 0.3 is 0 Å². The predicted molar refractivity (Wildman–Crippen MR) is 95.1 cm³/mol. The van der Waals surface area contributed by atoms with E-state index in [2.05, 4.69) is 11.9 Å². The standard InChI is InChI=1S/C19H20ClNO4/c1-21(11-14-12-24-16-4-2-3-5-17(16)25-14)10-13-8-15(20)19-18(9-13)22-6-7-23-19/h2-5,8-9,14H,6-7,10-12H2,1H3/t14-/m1/s1. The second-order valence-electron chi connectivity index (χ2n) is 6.30. The van der Waals surface area contributed by atoms with E-state index in [-0.39, 0.29) is 6.10 Å². The number of ether oxygens (including phenoxy) is 4. The topological polar surface area (TPSA) is 40.2 Å². The molecule has 2 aliphatic heterocycles. The fraction of sp³-hybridized carbons (Fsp3) is 0.368. The molecule has 0 bridgehead atoms. The van der Waals surface area contributed by atoms with Gasteiger partial charge in [0, 0.05) is 13.1 Å². The molecule has 0 radical (unpaired) electrons. The zero-order valence-corrected chi connectivity index (χ0v) is 14.8. The molecule has 132 valence electrons. The van der Waals surface area contributed by atoms with Gasteiger partial charge in [0.25, 0.3) is 0 Å². The van der Waals surface area contributed by atoms with Gasteiger partial charge < -0.3 is 18.9 Å². The predicted octanol–water partition coefficient (Wildman–Crippen LogP) is 3.38. The van der Waals surface area contributed by atoms with Gasteiger partial charge in [-0.1, -0.05) is 23.7 Å². The maximum absolute atomic E-state index is 6.31. The highest BCUT2D eigenvalue weighted by molar-refractivity contribution is 6.32. The van der Waals surface area contributed by atoms with Gasteiger partial charge in [0.1, 0.15) is 25.9 Å². The van der Waals surface area contributed by atoms with Crippen molar-refractivity contribution >= 4 is 11.6 Å². The van der Waals surface area contributed by atoms with Gasteiger partial charge in [-0.25, -0.2) is 0 Å². The van der Waals surface area contributed by atoms with Gasteiger partial charge in [-0.05, 0) is 36.9 Å². The molecular formula is C19H20ClNO4. The second-order valence-corrected chi connectivity index (χ2v) is 6.70. The van der Waals surface area contributed by atoms with E-state index < -0.39 is 0 Å². The van der Waals surface area contributed by atoms with E-state index in [4.69, 9.17) is 30.5 Å². The summed E-state index contributed by atoms with van der Waals surface area (Å²) in [4.78, 5) is 2.18. The SMILES string of the molecule is CN(Cc1cc(Cl)c2c(c1)OCCO2)C[C@@H]1COc2ccccc2O1. The van der Waals surface area contributed by atoms with Crippen molar-refractivity contribution in [1.29, 1.82) is 0 Å². The van der Waals surface area contributed by atoms with Crippen molar-refractivity contribution in [3.8, 4) is 23.0 Å². The lowest BCUT2D eigenvalue weighted by Gasteiger charge is -2.29. The molecule has 0 N–H and O–H groups in total. The van der Waals surface area contributed by atoms with Crippen LogP contribution in [0, 0.1) is 0 Å². The lowest BCUT2D eigenvalue weighted by atomic mass is 10.1. The van der Waals surface area contributed by atoms with Crippen LogP contribution in [0.4, 0.5) is 0 Å². The zero-order chi connectivity index (χ0) is 17.2. The third-order valence-electron chi connectivity index (χ3n) is 4.19. The summed E-state index contributed by atoms with van der Waals surface area (Å²) in [5.74, 6) is 2.96. The Labute approximate surface area is 152 Å². The molecule has 0 aromatic heterocycles. The number of hydrogen-bond donors (Lipinski definition) is 0. The summed E-state index contributed by atoms with van der Waals surface area (Å²) in [5.41, 5.74) is 1.08. The molecule has 0 saturated carbocycles. The van der Waals surface area contributed by atoms with Crippen molar-refractivity contribution in [3.63, 3.8) is 0 Å². The minimum Gasteiger partial charge on any atom is -0.486 e. The Morgan fingerprint density at radius 3 is 2.72 bits per heavy atom. The summed E-state index contributed by atoms with van der Waals surface area (Å²) in [6.45, 7) is 3.11. The molecule has 0 spiro atoms. The summed E-state index contributed by atoms with van der Waals surface area (Å²) in [6, 6.07) is 11.7. The summed E-state index contributed by atoms with van der Waals surface area (Å²) in [5, 5.41) is 0.590. The Morgan fingerprint density at radius 1 is 1.04 bits per heavy atom. The van der Waals surface area contributed by atoms with Gasteiger partial charge in [0.15, 0.2) is 23.0 Å². The van der Waals surface area contributed by atoms with Crippen LogP contribution < -0.4 is 18.9 Å². The molecule has 2 aromatic rings. The first-order chi connectivity index (χ1) is 12.2. The van der Waals surface area contributed by atoms with Crippen LogP contribution in [0.15, 0.2) is 36.4 Å². The van der Waals surface area contributed by atoms with E-state index in [0.717, 1.165) is 30.2 Å². The molecule has 0 amide bonds. The Morgan fingerprint density at radius 2 is 1.84 bits per heavy atom. The highest BCUT2D eigenvalue weighted by Gasteiger charge is 2.23. The molecule has 2 heterocycles. The van der Waals surface area contributed by atoms with Crippen molar-refractivity contribution in [3.05, 3.63) is 47.0 Å². The first-order valence-electron chi connectivity index (χ1n) is 8.34. The molecular weight excluding hydrogens is 342 g/mol. The summed E-state index contributed by atoms with van der Waals surface area (Å²) in [6.07, 6.45) is -0.00687. The molecule has 5 nitrogen and oxygen atoms in total. The van der Waals surface area contributed by atoms with E-state index in [1.807, 2.05) is 36.4 Å². The Kier molecular flexibility index (Phi) is 4.59. The minimum atomic E-state index is -0.00687. The highest BCUT2D eigenvalue weighted by atomic mass is 35.5. The summed E-state index contributed by atoms with van der Waals surface area (Å²) in [7, 11) is 2.05. The molecule has 1 atom stereocenters. The number of fused-ring (bicyclic) bond motifs is 2. The van der Waals surface area contributed by atoms with Gasteiger partial charge in [-0.2, -0.15) is 0 Å². The molecule has 4 rings (SSSR count). The number of benzene rings is 2. The fourth-order valence-corrected chi connectivity index (χ4v) is 3.42. The molecule has 0 fully saturated rings. The first kappa shape index (κ1) is 16.4. The molecule has 2 aromatic carbocycles. The molecule has 0 unspecified atom stereocenters. The maximum Gasteiger partial charge on any atom is 0.179 e. The van der Waals surface area contributed by atoms with Gasteiger partial charge in [0.05, 0.1) is 5.02 Å².